The van der Waals surface area contributed by atoms with E-state index in [2.05, 4.69) is 27.5 Å². The predicted octanol–water partition coefficient (Wildman–Crippen LogP) is 3.41. The second-order valence-electron chi connectivity index (χ2n) is 6.90. The number of fused-ring (bicyclic) bond motifs is 1. The topological polar surface area (TPSA) is 43.8 Å². The molecule has 2 unspecified atom stereocenters. The minimum atomic E-state index is 0. The van der Waals surface area contributed by atoms with Crippen LogP contribution in [0.2, 0.25) is 0 Å². The Morgan fingerprint density at radius 2 is 2.00 bits per heavy atom. The van der Waals surface area contributed by atoms with Gasteiger partial charge in [0.25, 0.3) is 0 Å². The summed E-state index contributed by atoms with van der Waals surface area (Å²) >= 11 is 1.68. The van der Waals surface area contributed by atoms with E-state index in [1.54, 1.807) is 11.3 Å². The van der Waals surface area contributed by atoms with Crippen LogP contribution >= 0.6 is 35.3 Å². The average molecular weight is 463 g/mol. The Morgan fingerprint density at radius 3 is 2.54 bits per heavy atom. The second-order valence-corrected chi connectivity index (χ2v) is 7.73. The summed E-state index contributed by atoms with van der Waals surface area (Å²) in [6.45, 7) is 6.09. The number of halogens is 1. The summed E-state index contributed by atoms with van der Waals surface area (Å²) in [6.07, 6.45) is 5.63. The van der Waals surface area contributed by atoms with E-state index >= 15 is 0 Å². The molecule has 2 heterocycles. The molecule has 3 rings (SSSR count). The summed E-state index contributed by atoms with van der Waals surface area (Å²) in [5, 5.41) is 6.64. The summed E-state index contributed by atoms with van der Waals surface area (Å²) in [6, 6.07) is 0. The number of thiazole rings is 1. The number of aliphatic imine (C=N–C) groups is 1. The number of hydrogen-bond donors (Lipinski definition) is 1. The van der Waals surface area contributed by atoms with Crippen molar-refractivity contribution in [1.29, 1.82) is 0 Å². The minimum Gasteiger partial charge on any atom is -0.357 e. The SMILES string of the molecule is CCNC(=NCc1csc(N(C)C)n1)N1CC2CCCCC2C1.I. The average Bonchev–Trinajstić information content (AvgIpc) is 3.17. The number of guanidine groups is 1. The Hall–Kier alpha value is -0.570. The van der Waals surface area contributed by atoms with Crippen molar-refractivity contribution in [2.75, 3.05) is 38.6 Å². The number of hydrogen-bond acceptors (Lipinski definition) is 4. The van der Waals surface area contributed by atoms with Gasteiger partial charge in [0.05, 0.1) is 12.2 Å². The summed E-state index contributed by atoms with van der Waals surface area (Å²) in [7, 11) is 4.06. The molecule has 5 nitrogen and oxygen atoms in total. The van der Waals surface area contributed by atoms with E-state index < -0.39 is 0 Å². The van der Waals surface area contributed by atoms with Gasteiger partial charge >= 0.3 is 0 Å². The van der Waals surface area contributed by atoms with Crippen LogP contribution in [0.25, 0.3) is 0 Å². The number of nitrogens with one attached hydrogen (secondary N) is 1. The van der Waals surface area contributed by atoms with Crippen LogP contribution in [0.15, 0.2) is 10.4 Å². The second kappa shape index (κ2) is 9.22. The number of nitrogens with zero attached hydrogens (tertiary/aromatic N) is 4. The van der Waals surface area contributed by atoms with E-state index in [4.69, 9.17) is 4.99 Å². The molecule has 1 saturated heterocycles. The van der Waals surface area contributed by atoms with Crippen molar-refractivity contribution in [2.45, 2.75) is 39.2 Å². The van der Waals surface area contributed by atoms with E-state index in [9.17, 15) is 0 Å². The number of aromatic nitrogens is 1. The molecule has 2 atom stereocenters. The van der Waals surface area contributed by atoms with Crippen molar-refractivity contribution in [3.63, 3.8) is 0 Å². The Kier molecular flexibility index (Phi) is 7.59. The van der Waals surface area contributed by atoms with Crippen LogP contribution in [0.3, 0.4) is 0 Å². The molecular weight excluding hydrogens is 433 g/mol. The minimum absolute atomic E-state index is 0. The summed E-state index contributed by atoms with van der Waals surface area (Å²) in [4.78, 5) is 14.0. The lowest BCUT2D eigenvalue weighted by molar-refractivity contribution is 0.299. The molecule has 0 aromatic carbocycles. The third-order valence-corrected chi connectivity index (χ3v) is 5.98. The van der Waals surface area contributed by atoms with Crippen LogP contribution in [0.1, 0.15) is 38.3 Å². The molecule has 0 bridgehead atoms. The Balaban J connectivity index is 0.00000208. The van der Waals surface area contributed by atoms with Crippen LogP contribution in [0.5, 0.6) is 0 Å². The molecule has 1 N–H and O–H groups in total. The fourth-order valence-corrected chi connectivity index (χ4v) is 4.48. The lowest BCUT2D eigenvalue weighted by Crippen LogP contribution is -2.40. The lowest BCUT2D eigenvalue weighted by atomic mass is 9.82. The third-order valence-electron chi connectivity index (χ3n) is 4.92. The molecule has 0 radical (unpaired) electrons. The van der Waals surface area contributed by atoms with E-state index in [0.29, 0.717) is 6.54 Å². The molecule has 1 aliphatic heterocycles. The quantitative estimate of drug-likeness (QED) is 0.422. The molecule has 1 aromatic rings. The van der Waals surface area contributed by atoms with Crippen molar-refractivity contribution in [3.05, 3.63) is 11.1 Å². The van der Waals surface area contributed by atoms with Crippen molar-refractivity contribution in [2.24, 2.45) is 16.8 Å². The first-order chi connectivity index (χ1) is 11.2. The molecule has 2 fully saturated rings. The largest absolute Gasteiger partial charge is 0.357 e. The van der Waals surface area contributed by atoms with Gasteiger partial charge in [0.1, 0.15) is 0 Å². The van der Waals surface area contributed by atoms with Crippen LogP contribution < -0.4 is 10.2 Å². The maximum atomic E-state index is 4.85. The van der Waals surface area contributed by atoms with Crippen LogP contribution in [0.4, 0.5) is 5.13 Å². The number of rotatable bonds is 4. The van der Waals surface area contributed by atoms with Crippen molar-refractivity contribution < 1.29 is 0 Å². The fourth-order valence-electron chi connectivity index (χ4n) is 3.73. The highest BCUT2D eigenvalue weighted by Gasteiger charge is 2.35. The summed E-state index contributed by atoms with van der Waals surface area (Å²) in [5.41, 5.74) is 1.06. The predicted molar refractivity (Wildman–Crippen MR) is 114 cm³/mol. The van der Waals surface area contributed by atoms with Crippen molar-refractivity contribution >= 4 is 46.4 Å². The number of anilines is 1. The maximum Gasteiger partial charge on any atom is 0.194 e. The zero-order chi connectivity index (χ0) is 16.2. The van der Waals surface area contributed by atoms with Crippen LogP contribution in [0, 0.1) is 11.8 Å². The number of likely N-dealkylation sites (tertiary alicyclic amines) is 1. The highest BCUT2D eigenvalue weighted by Crippen LogP contribution is 2.36. The Morgan fingerprint density at radius 1 is 1.33 bits per heavy atom. The fraction of sp³-hybridized carbons (Fsp3) is 0.765. The van der Waals surface area contributed by atoms with Gasteiger partial charge in [-0.1, -0.05) is 12.8 Å². The molecular formula is C17H30IN5S. The normalized spacial score (nSPS) is 23.6. The summed E-state index contributed by atoms with van der Waals surface area (Å²) in [5.74, 6) is 2.83. The first-order valence-corrected chi connectivity index (χ1v) is 9.70. The van der Waals surface area contributed by atoms with Crippen LogP contribution in [-0.4, -0.2) is 49.6 Å². The van der Waals surface area contributed by atoms with Gasteiger partial charge in [-0.3, -0.25) is 0 Å². The van der Waals surface area contributed by atoms with Crippen molar-refractivity contribution in [3.8, 4) is 0 Å². The smallest absolute Gasteiger partial charge is 0.194 e. The molecule has 7 heteroatoms. The highest BCUT2D eigenvalue weighted by molar-refractivity contribution is 14.0. The Bertz CT molecular complexity index is 531. The first-order valence-electron chi connectivity index (χ1n) is 8.82. The van der Waals surface area contributed by atoms with Gasteiger partial charge in [0, 0.05) is 39.1 Å². The van der Waals surface area contributed by atoms with E-state index in [-0.39, 0.29) is 24.0 Å². The molecule has 0 amide bonds. The zero-order valence-electron chi connectivity index (χ0n) is 15.0. The van der Waals surface area contributed by atoms with Gasteiger partial charge in [0.15, 0.2) is 11.1 Å². The third kappa shape index (κ3) is 4.74. The highest BCUT2D eigenvalue weighted by atomic mass is 127. The van der Waals surface area contributed by atoms with Crippen molar-refractivity contribution in [1.82, 2.24) is 15.2 Å². The zero-order valence-corrected chi connectivity index (χ0v) is 18.1. The van der Waals surface area contributed by atoms with Gasteiger partial charge < -0.3 is 15.1 Å². The van der Waals surface area contributed by atoms with Gasteiger partial charge in [-0.15, -0.1) is 35.3 Å². The monoisotopic (exact) mass is 463 g/mol. The van der Waals surface area contributed by atoms with Gasteiger partial charge in [-0.05, 0) is 31.6 Å². The van der Waals surface area contributed by atoms with Gasteiger partial charge in [-0.25, -0.2) is 9.98 Å². The maximum absolute atomic E-state index is 4.85. The standard InChI is InChI=1S/C17H29N5S.HI/c1-4-18-16(19-9-15-12-23-17(20-15)21(2)3)22-10-13-7-5-6-8-14(13)11-22;/h12-14H,4-11H2,1-3H3,(H,18,19);1H. The van der Waals surface area contributed by atoms with E-state index in [0.717, 1.165) is 35.2 Å². The molecule has 0 spiro atoms. The van der Waals surface area contributed by atoms with E-state index in [1.165, 1.54) is 38.8 Å². The molecule has 2 aliphatic rings. The Labute approximate surface area is 166 Å². The van der Waals surface area contributed by atoms with Gasteiger partial charge in [0.2, 0.25) is 0 Å². The van der Waals surface area contributed by atoms with Crippen LogP contribution in [-0.2, 0) is 6.54 Å². The van der Waals surface area contributed by atoms with E-state index in [1.807, 2.05) is 19.0 Å². The molecule has 1 aliphatic carbocycles. The molecule has 24 heavy (non-hydrogen) atoms. The molecule has 1 aromatic heterocycles. The lowest BCUT2D eigenvalue weighted by Gasteiger charge is -2.22. The first kappa shape index (κ1) is 19.8. The van der Waals surface area contributed by atoms with Gasteiger partial charge in [-0.2, -0.15) is 0 Å². The summed E-state index contributed by atoms with van der Waals surface area (Å²) < 4.78 is 0. The molecule has 136 valence electrons. The molecule has 1 saturated carbocycles.